The van der Waals surface area contributed by atoms with Gasteiger partial charge in [0.15, 0.2) is 0 Å². The van der Waals surface area contributed by atoms with Crippen LogP contribution in [0.15, 0.2) is 35.4 Å². The highest BCUT2D eigenvalue weighted by molar-refractivity contribution is 6.29. The second-order valence-electron chi connectivity index (χ2n) is 4.53. The Labute approximate surface area is 115 Å². The molecule has 2 heterocycles. The molecule has 1 aliphatic rings. The van der Waals surface area contributed by atoms with Crippen molar-refractivity contribution in [2.45, 2.75) is 19.4 Å². The highest BCUT2D eigenvalue weighted by atomic mass is 35.5. The van der Waals surface area contributed by atoms with E-state index in [2.05, 4.69) is 11.1 Å². The van der Waals surface area contributed by atoms with E-state index in [1.807, 2.05) is 12.1 Å². The van der Waals surface area contributed by atoms with E-state index in [9.17, 15) is 4.79 Å². The molecule has 98 valence electrons. The Kier molecular flexibility index (Phi) is 3.25. The molecule has 0 saturated carbocycles. The molecule has 0 fully saturated rings. The number of nitrogens with zero attached hydrogens (tertiary/aromatic N) is 2. The minimum Gasteiger partial charge on any atom is -0.493 e. The standard InChI is InChI=1S/C14H13ClN2O2/c15-13-8-14(18)17(9-16-13)5-3-10-1-2-12-11(7-10)4-6-19-12/h1-2,7-9H,3-6H2. The van der Waals surface area contributed by atoms with E-state index in [4.69, 9.17) is 16.3 Å². The van der Waals surface area contributed by atoms with E-state index in [-0.39, 0.29) is 10.7 Å². The van der Waals surface area contributed by atoms with E-state index >= 15 is 0 Å². The SMILES string of the molecule is O=c1cc(Cl)ncn1CCc1ccc2c(c1)CCO2. The van der Waals surface area contributed by atoms with Gasteiger partial charge in [0.2, 0.25) is 0 Å². The Morgan fingerprint density at radius 1 is 1.37 bits per heavy atom. The minimum atomic E-state index is -0.121. The van der Waals surface area contributed by atoms with Gasteiger partial charge in [-0.1, -0.05) is 23.7 Å². The van der Waals surface area contributed by atoms with Crippen molar-refractivity contribution in [1.29, 1.82) is 0 Å². The van der Waals surface area contributed by atoms with E-state index < -0.39 is 0 Å². The molecule has 0 aliphatic carbocycles. The number of benzene rings is 1. The Hall–Kier alpha value is -1.81. The van der Waals surface area contributed by atoms with Gasteiger partial charge in [0.05, 0.1) is 12.9 Å². The van der Waals surface area contributed by atoms with Gasteiger partial charge in [-0.2, -0.15) is 0 Å². The molecule has 19 heavy (non-hydrogen) atoms. The van der Waals surface area contributed by atoms with E-state index in [1.165, 1.54) is 23.5 Å². The van der Waals surface area contributed by atoms with Crippen molar-refractivity contribution in [2.24, 2.45) is 0 Å². The van der Waals surface area contributed by atoms with Crippen LogP contribution in [0.25, 0.3) is 0 Å². The molecule has 0 spiro atoms. The second-order valence-corrected chi connectivity index (χ2v) is 4.92. The van der Waals surface area contributed by atoms with Crippen LogP contribution < -0.4 is 10.3 Å². The Balaban J connectivity index is 1.74. The molecule has 1 aromatic carbocycles. The molecule has 0 radical (unpaired) electrons. The number of rotatable bonds is 3. The van der Waals surface area contributed by atoms with Gasteiger partial charge in [-0.3, -0.25) is 9.36 Å². The topological polar surface area (TPSA) is 44.1 Å². The van der Waals surface area contributed by atoms with Gasteiger partial charge in [-0.25, -0.2) is 4.98 Å². The zero-order chi connectivity index (χ0) is 13.2. The van der Waals surface area contributed by atoms with E-state index in [0.717, 1.165) is 25.2 Å². The first kappa shape index (κ1) is 12.2. The van der Waals surface area contributed by atoms with Crippen molar-refractivity contribution in [3.63, 3.8) is 0 Å². The van der Waals surface area contributed by atoms with E-state index in [0.29, 0.717) is 6.54 Å². The third-order valence-electron chi connectivity index (χ3n) is 3.24. The lowest BCUT2D eigenvalue weighted by Crippen LogP contribution is -2.20. The summed E-state index contributed by atoms with van der Waals surface area (Å²) >= 11 is 5.66. The summed E-state index contributed by atoms with van der Waals surface area (Å²) in [7, 11) is 0. The number of hydrogen-bond donors (Lipinski definition) is 0. The number of ether oxygens (including phenoxy) is 1. The van der Waals surface area contributed by atoms with Crippen molar-refractivity contribution in [3.8, 4) is 5.75 Å². The normalized spacial score (nSPS) is 13.1. The number of hydrogen-bond acceptors (Lipinski definition) is 3. The minimum absolute atomic E-state index is 0.121. The molecule has 0 atom stereocenters. The number of halogens is 1. The zero-order valence-electron chi connectivity index (χ0n) is 10.3. The molecule has 2 aromatic rings. The van der Waals surface area contributed by atoms with Gasteiger partial charge in [-0.15, -0.1) is 0 Å². The van der Waals surface area contributed by atoms with Gasteiger partial charge in [0.1, 0.15) is 10.9 Å². The van der Waals surface area contributed by atoms with Crippen molar-refractivity contribution in [2.75, 3.05) is 6.61 Å². The van der Waals surface area contributed by atoms with Crippen LogP contribution in [0, 0.1) is 0 Å². The highest BCUT2D eigenvalue weighted by Crippen LogP contribution is 2.26. The lowest BCUT2D eigenvalue weighted by atomic mass is 10.1. The summed E-state index contributed by atoms with van der Waals surface area (Å²) in [5.74, 6) is 0.981. The van der Waals surface area contributed by atoms with Gasteiger partial charge < -0.3 is 4.74 Å². The Morgan fingerprint density at radius 3 is 3.11 bits per heavy atom. The van der Waals surface area contributed by atoms with Gasteiger partial charge >= 0.3 is 0 Å². The van der Waals surface area contributed by atoms with Gasteiger partial charge in [0, 0.05) is 19.0 Å². The zero-order valence-corrected chi connectivity index (χ0v) is 11.1. The fourth-order valence-corrected chi connectivity index (χ4v) is 2.35. The van der Waals surface area contributed by atoms with E-state index in [1.54, 1.807) is 4.57 Å². The van der Waals surface area contributed by atoms with Crippen molar-refractivity contribution in [1.82, 2.24) is 9.55 Å². The number of fused-ring (bicyclic) bond motifs is 1. The second kappa shape index (κ2) is 5.05. The molecule has 1 aromatic heterocycles. The molecular formula is C14H13ClN2O2. The lowest BCUT2D eigenvalue weighted by molar-refractivity contribution is 0.357. The Bertz CT molecular complexity index is 667. The molecule has 0 bridgehead atoms. The first-order valence-corrected chi connectivity index (χ1v) is 6.57. The van der Waals surface area contributed by atoms with Crippen LogP contribution in [-0.2, 0) is 19.4 Å². The summed E-state index contributed by atoms with van der Waals surface area (Å²) in [6.45, 7) is 1.36. The molecule has 0 unspecified atom stereocenters. The lowest BCUT2D eigenvalue weighted by Gasteiger charge is -2.06. The first-order chi connectivity index (χ1) is 9.22. The summed E-state index contributed by atoms with van der Waals surface area (Å²) < 4.78 is 7.03. The van der Waals surface area contributed by atoms with Crippen LogP contribution in [0.2, 0.25) is 5.15 Å². The molecule has 1 aliphatic heterocycles. The van der Waals surface area contributed by atoms with Crippen LogP contribution >= 0.6 is 11.6 Å². The summed E-state index contributed by atoms with van der Waals surface area (Å²) in [4.78, 5) is 15.6. The third-order valence-corrected chi connectivity index (χ3v) is 3.45. The van der Waals surface area contributed by atoms with Crippen molar-refractivity contribution in [3.05, 3.63) is 57.2 Å². The smallest absolute Gasteiger partial charge is 0.254 e. The molecule has 5 heteroatoms. The third kappa shape index (κ3) is 2.63. The average Bonchev–Trinajstić information content (AvgIpc) is 2.85. The largest absolute Gasteiger partial charge is 0.493 e. The summed E-state index contributed by atoms with van der Waals surface area (Å²) in [5, 5.41) is 0.232. The number of aryl methyl sites for hydroxylation is 2. The van der Waals surface area contributed by atoms with Crippen LogP contribution in [-0.4, -0.2) is 16.2 Å². The maximum absolute atomic E-state index is 11.7. The predicted octanol–water partition coefficient (Wildman–Crippen LogP) is 2.07. The predicted molar refractivity (Wildman–Crippen MR) is 72.9 cm³/mol. The molecule has 0 amide bonds. The quantitative estimate of drug-likeness (QED) is 0.806. The number of aromatic nitrogens is 2. The van der Waals surface area contributed by atoms with Crippen LogP contribution in [0.5, 0.6) is 5.75 Å². The first-order valence-electron chi connectivity index (χ1n) is 6.19. The molecule has 0 saturated heterocycles. The maximum atomic E-state index is 11.7. The van der Waals surface area contributed by atoms with Crippen molar-refractivity contribution < 1.29 is 4.74 Å². The fraction of sp³-hybridized carbons (Fsp3) is 0.286. The monoisotopic (exact) mass is 276 g/mol. The average molecular weight is 277 g/mol. The molecule has 4 nitrogen and oxygen atoms in total. The summed E-state index contributed by atoms with van der Waals surface area (Å²) in [6, 6.07) is 7.52. The van der Waals surface area contributed by atoms with Crippen LogP contribution in [0.4, 0.5) is 0 Å². The van der Waals surface area contributed by atoms with Crippen LogP contribution in [0.3, 0.4) is 0 Å². The van der Waals surface area contributed by atoms with Crippen molar-refractivity contribution >= 4 is 11.6 Å². The van der Waals surface area contributed by atoms with Gasteiger partial charge in [-0.05, 0) is 23.6 Å². The Morgan fingerprint density at radius 2 is 2.26 bits per heavy atom. The summed E-state index contributed by atoms with van der Waals surface area (Å²) in [5.41, 5.74) is 2.33. The fourth-order valence-electron chi connectivity index (χ4n) is 2.22. The van der Waals surface area contributed by atoms with Gasteiger partial charge in [0.25, 0.3) is 5.56 Å². The molecule has 3 rings (SSSR count). The molecular weight excluding hydrogens is 264 g/mol. The maximum Gasteiger partial charge on any atom is 0.254 e. The summed E-state index contributed by atoms with van der Waals surface area (Å²) in [6.07, 6.45) is 3.24. The van der Waals surface area contributed by atoms with Crippen LogP contribution in [0.1, 0.15) is 11.1 Å². The highest BCUT2D eigenvalue weighted by Gasteiger charge is 2.11. The molecule has 0 N–H and O–H groups in total.